The Balaban J connectivity index is 1.96. The Labute approximate surface area is 104 Å². The molecular formula is C10H15IN4. The SMILES string of the molecule is CN1CC(CN(C)c2ncncc2I)C1. The van der Waals surface area contributed by atoms with Crippen LogP contribution in [0, 0.1) is 9.49 Å². The van der Waals surface area contributed by atoms with Gasteiger partial charge >= 0.3 is 0 Å². The molecule has 15 heavy (non-hydrogen) atoms. The van der Waals surface area contributed by atoms with Gasteiger partial charge < -0.3 is 9.80 Å². The van der Waals surface area contributed by atoms with E-state index in [1.165, 1.54) is 13.1 Å². The van der Waals surface area contributed by atoms with E-state index >= 15 is 0 Å². The molecular weight excluding hydrogens is 303 g/mol. The summed E-state index contributed by atoms with van der Waals surface area (Å²) < 4.78 is 1.12. The third-order valence-electron chi connectivity index (χ3n) is 2.68. The van der Waals surface area contributed by atoms with E-state index in [4.69, 9.17) is 0 Å². The van der Waals surface area contributed by atoms with Crippen LogP contribution < -0.4 is 4.90 Å². The monoisotopic (exact) mass is 318 g/mol. The van der Waals surface area contributed by atoms with Crippen LogP contribution in [0.4, 0.5) is 5.82 Å². The summed E-state index contributed by atoms with van der Waals surface area (Å²) in [4.78, 5) is 12.9. The minimum atomic E-state index is 0.783. The highest BCUT2D eigenvalue weighted by Crippen LogP contribution is 2.20. The lowest BCUT2D eigenvalue weighted by molar-refractivity contribution is 0.139. The van der Waals surface area contributed by atoms with Crippen molar-refractivity contribution in [1.29, 1.82) is 0 Å². The molecule has 0 spiro atoms. The highest BCUT2D eigenvalue weighted by molar-refractivity contribution is 14.1. The lowest BCUT2D eigenvalue weighted by Gasteiger charge is -2.38. The number of halogens is 1. The zero-order valence-electron chi connectivity index (χ0n) is 9.02. The summed E-state index contributed by atoms with van der Waals surface area (Å²) in [6.45, 7) is 3.48. The second-order valence-corrected chi connectivity index (χ2v) is 5.32. The largest absolute Gasteiger partial charge is 0.358 e. The van der Waals surface area contributed by atoms with Gasteiger partial charge in [0.05, 0.1) is 3.57 Å². The van der Waals surface area contributed by atoms with Gasteiger partial charge in [-0.25, -0.2) is 9.97 Å². The first-order chi connectivity index (χ1) is 7.16. The van der Waals surface area contributed by atoms with Gasteiger partial charge in [-0.15, -0.1) is 0 Å². The summed E-state index contributed by atoms with van der Waals surface area (Å²) in [5, 5.41) is 0. The number of rotatable bonds is 3. The van der Waals surface area contributed by atoms with Gasteiger partial charge in [0.25, 0.3) is 0 Å². The minimum Gasteiger partial charge on any atom is -0.358 e. The molecule has 0 atom stereocenters. The van der Waals surface area contributed by atoms with E-state index in [0.29, 0.717) is 0 Å². The normalized spacial score (nSPS) is 17.5. The lowest BCUT2D eigenvalue weighted by atomic mass is 10.0. The van der Waals surface area contributed by atoms with E-state index in [9.17, 15) is 0 Å². The molecule has 0 N–H and O–H groups in total. The predicted octanol–water partition coefficient (Wildman–Crippen LogP) is 1.08. The third kappa shape index (κ3) is 2.57. The topological polar surface area (TPSA) is 32.3 Å². The van der Waals surface area contributed by atoms with Crippen molar-refractivity contribution in [2.75, 3.05) is 38.6 Å². The number of anilines is 1. The Hall–Kier alpha value is -0.430. The quantitative estimate of drug-likeness (QED) is 0.781. The molecule has 1 saturated heterocycles. The molecule has 4 nitrogen and oxygen atoms in total. The molecule has 0 amide bonds. The van der Waals surface area contributed by atoms with Gasteiger partial charge in [-0.3, -0.25) is 0 Å². The van der Waals surface area contributed by atoms with Crippen LogP contribution in [0.25, 0.3) is 0 Å². The van der Waals surface area contributed by atoms with Crippen LogP contribution in [0.15, 0.2) is 12.5 Å². The Bertz CT molecular complexity index is 338. The second kappa shape index (κ2) is 4.61. The molecule has 2 heterocycles. The molecule has 1 fully saturated rings. The average molecular weight is 318 g/mol. The van der Waals surface area contributed by atoms with E-state index < -0.39 is 0 Å². The number of aromatic nitrogens is 2. The van der Waals surface area contributed by atoms with E-state index in [1.807, 2.05) is 6.20 Å². The molecule has 0 aromatic carbocycles. The number of hydrogen-bond acceptors (Lipinski definition) is 4. The van der Waals surface area contributed by atoms with Gasteiger partial charge in [-0.2, -0.15) is 0 Å². The first-order valence-corrected chi connectivity index (χ1v) is 6.10. The molecule has 1 aliphatic rings. The maximum Gasteiger partial charge on any atom is 0.145 e. The first kappa shape index (κ1) is 11.1. The molecule has 0 bridgehead atoms. The molecule has 2 rings (SSSR count). The van der Waals surface area contributed by atoms with Crippen molar-refractivity contribution in [2.45, 2.75) is 0 Å². The van der Waals surface area contributed by atoms with Crippen molar-refractivity contribution in [3.63, 3.8) is 0 Å². The summed E-state index contributed by atoms with van der Waals surface area (Å²) in [5.41, 5.74) is 0. The molecule has 1 aliphatic heterocycles. The van der Waals surface area contributed by atoms with E-state index in [1.54, 1.807) is 6.33 Å². The Morgan fingerprint density at radius 2 is 2.33 bits per heavy atom. The number of nitrogens with zero attached hydrogens (tertiary/aromatic N) is 4. The highest BCUT2D eigenvalue weighted by Gasteiger charge is 2.25. The lowest BCUT2D eigenvalue weighted by Crippen LogP contribution is -2.48. The Morgan fingerprint density at radius 1 is 1.60 bits per heavy atom. The molecule has 82 valence electrons. The van der Waals surface area contributed by atoms with Crippen LogP contribution in [0.3, 0.4) is 0 Å². The fourth-order valence-electron chi connectivity index (χ4n) is 2.00. The maximum atomic E-state index is 4.30. The van der Waals surface area contributed by atoms with Crippen LogP contribution in [0.5, 0.6) is 0 Å². The predicted molar refractivity (Wildman–Crippen MR) is 69.0 cm³/mol. The molecule has 1 aromatic heterocycles. The average Bonchev–Trinajstić information content (AvgIpc) is 2.16. The van der Waals surface area contributed by atoms with Crippen LogP contribution >= 0.6 is 22.6 Å². The van der Waals surface area contributed by atoms with Gasteiger partial charge in [-0.1, -0.05) is 0 Å². The summed E-state index contributed by atoms with van der Waals surface area (Å²) in [6, 6.07) is 0. The van der Waals surface area contributed by atoms with Crippen molar-refractivity contribution in [3.8, 4) is 0 Å². The fourth-order valence-corrected chi connectivity index (χ4v) is 2.72. The third-order valence-corrected chi connectivity index (χ3v) is 3.44. The fraction of sp³-hybridized carbons (Fsp3) is 0.600. The van der Waals surface area contributed by atoms with Crippen molar-refractivity contribution in [2.24, 2.45) is 5.92 Å². The van der Waals surface area contributed by atoms with Crippen molar-refractivity contribution >= 4 is 28.4 Å². The summed E-state index contributed by atoms with van der Waals surface area (Å²) in [6.07, 6.45) is 3.47. The molecule has 0 aliphatic carbocycles. The van der Waals surface area contributed by atoms with Gasteiger partial charge in [0.15, 0.2) is 0 Å². The molecule has 0 unspecified atom stereocenters. The zero-order chi connectivity index (χ0) is 10.8. The zero-order valence-corrected chi connectivity index (χ0v) is 11.2. The van der Waals surface area contributed by atoms with E-state index in [-0.39, 0.29) is 0 Å². The summed E-state index contributed by atoms with van der Waals surface area (Å²) in [5.74, 6) is 1.82. The molecule has 5 heteroatoms. The first-order valence-electron chi connectivity index (χ1n) is 5.02. The van der Waals surface area contributed by atoms with Gasteiger partial charge in [-0.05, 0) is 29.6 Å². The standard InChI is InChI=1S/C10H15IN4/c1-14-4-8(5-14)6-15(2)10-9(11)3-12-7-13-10/h3,7-8H,4-6H2,1-2H3. The minimum absolute atomic E-state index is 0.783. The van der Waals surface area contributed by atoms with Crippen molar-refractivity contribution in [3.05, 3.63) is 16.1 Å². The maximum absolute atomic E-state index is 4.30. The second-order valence-electron chi connectivity index (χ2n) is 4.16. The van der Waals surface area contributed by atoms with Crippen LogP contribution in [-0.2, 0) is 0 Å². The molecule has 0 saturated carbocycles. The summed E-state index contributed by atoms with van der Waals surface area (Å²) in [7, 11) is 4.26. The number of likely N-dealkylation sites (tertiary alicyclic amines) is 1. The Kier molecular flexibility index (Phi) is 3.40. The molecule has 0 radical (unpaired) electrons. The van der Waals surface area contributed by atoms with Crippen LogP contribution in [0.1, 0.15) is 0 Å². The van der Waals surface area contributed by atoms with Crippen LogP contribution in [0.2, 0.25) is 0 Å². The van der Waals surface area contributed by atoms with Gasteiger partial charge in [0.1, 0.15) is 12.1 Å². The van der Waals surface area contributed by atoms with Gasteiger partial charge in [0, 0.05) is 38.8 Å². The van der Waals surface area contributed by atoms with Crippen LogP contribution in [-0.4, -0.2) is 48.6 Å². The highest BCUT2D eigenvalue weighted by atomic mass is 127. The Morgan fingerprint density at radius 3 is 2.93 bits per heavy atom. The van der Waals surface area contributed by atoms with E-state index in [0.717, 1.165) is 21.9 Å². The molecule has 1 aromatic rings. The van der Waals surface area contributed by atoms with E-state index in [2.05, 4.69) is 56.5 Å². The van der Waals surface area contributed by atoms with Gasteiger partial charge in [0.2, 0.25) is 0 Å². The van der Waals surface area contributed by atoms with Crippen molar-refractivity contribution < 1.29 is 0 Å². The number of hydrogen-bond donors (Lipinski definition) is 0. The smallest absolute Gasteiger partial charge is 0.145 e. The van der Waals surface area contributed by atoms with Crippen molar-refractivity contribution in [1.82, 2.24) is 14.9 Å². The summed E-state index contributed by atoms with van der Waals surface area (Å²) >= 11 is 2.28.